The quantitative estimate of drug-likeness (QED) is 0.617. The summed E-state index contributed by atoms with van der Waals surface area (Å²) in [7, 11) is 0. The Morgan fingerprint density at radius 1 is 1.10 bits per heavy atom. The number of hydrogen-bond acceptors (Lipinski definition) is 2. The summed E-state index contributed by atoms with van der Waals surface area (Å²) in [6, 6.07) is 0. The summed E-state index contributed by atoms with van der Waals surface area (Å²) in [6.07, 6.45) is 2.51. The molecular formula is C8H15NO. The molecule has 2 nitrogen and oxygen atoms in total. The van der Waals surface area contributed by atoms with Gasteiger partial charge in [0.2, 0.25) is 0 Å². The topological polar surface area (TPSA) is 21.3 Å². The minimum atomic E-state index is 0.158. The molecule has 10 heavy (non-hydrogen) atoms. The summed E-state index contributed by atoms with van der Waals surface area (Å²) in [5.41, 5.74) is 0.405. The van der Waals surface area contributed by atoms with Gasteiger partial charge in [0.15, 0.2) is 0 Å². The van der Waals surface area contributed by atoms with Gasteiger partial charge < -0.3 is 10.1 Å². The Hall–Kier alpha value is -0.0800. The molecule has 0 aromatic rings. The van der Waals surface area contributed by atoms with Crippen LogP contribution in [0.2, 0.25) is 0 Å². The Bertz CT molecular complexity index is 147. The van der Waals surface area contributed by atoms with E-state index in [0.717, 1.165) is 13.1 Å². The maximum atomic E-state index is 5.91. The highest BCUT2D eigenvalue weighted by atomic mass is 16.5. The number of nitrogens with one attached hydrogen (secondary N) is 1. The normalized spacial score (nSPS) is 33.0. The smallest absolute Gasteiger partial charge is 0.0909 e. The van der Waals surface area contributed by atoms with Crippen molar-refractivity contribution in [3.8, 4) is 0 Å². The highest BCUT2D eigenvalue weighted by Crippen LogP contribution is 2.42. The molecule has 0 aromatic heterocycles. The van der Waals surface area contributed by atoms with Crippen molar-refractivity contribution in [3.63, 3.8) is 0 Å². The van der Waals surface area contributed by atoms with Crippen LogP contribution >= 0.6 is 0 Å². The molecule has 2 heteroatoms. The zero-order valence-corrected chi connectivity index (χ0v) is 6.74. The number of rotatable bonds is 2. The SMILES string of the molecule is CC1(OC2(C)CNC2)CC1. The molecule has 0 bridgehead atoms. The molecule has 0 unspecified atom stereocenters. The number of ether oxygens (including phenoxy) is 1. The van der Waals surface area contributed by atoms with Crippen LogP contribution in [-0.2, 0) is 4.74 Å². The lowest BCUT2D eigenvalue weighted by atomic mass is 9.99. The second-order valence-electron chi connectivity index (χ2n) is 4.11. The highest BCUT2D eigenvalue weighted by Gasteiger charge is 2.46. The third-order valence-electron chi connectivity index (χ3n) is 2.44. The Balaban J connectivity index is 1.89. The fraction of sp³-hybridized carbons (Fsp3) is 1.00. The molecule has 1 heterocycles. The van der Waals surface area contributed by atoms with E-state index >= 15 is 0 Å². The van der Waals surface area contributed by atoms with E-state index in [-0.39, 0.29) is 11.2 Å². The van der Waals surface area contributed by atoms with E-state index in [0.29, 0.717) is 0 Å². The second-order valence-corrected chi connectivity index (χ2v) is 4.11. The van der Waals surface area contributed by atoms with Crippen LogP contribution in [0.1, 0.15) is 26.7 Å². The van der Waals surface area contributed by atoms with Crippen LogP contribution in [0.5, 0.6) is 0 Å². The van der Waals surface area contributed by atoms with Gasteiger partial charge in [0.25, 0.3) is 0 Å². The van der Waals surface area contributed by atoms with Crippen LogP contribution in [-0.4, -0.2) is 24.3 Å². The van der Waals surface area contributed by atoms with Crippen molar-refractivity contribution in [2.75, 3.05) is 13.1 Å². The van der Waals surface area contributed by atoms with Crippen molar-refractivity contribution in [1.29, 1.82) is 0 Å². The molecule has 1 aliphatic carbocycles. The lowest BCUT2D eigenvalue weighted by Crippen LogP contribution is -2.60. The van der Waals surface area contributed by atoms with Crippen molar-refractivity contribution >= 4 is 0 Å². The third-order valence-corrected chi connectivity index (χ3v) is 2.44. The fourth-order valence-corrected chi connectivity index (χ4v) is 1.42. The van der Waals surface area contributed by atoms with Gasteiger partial charge >= 0.3 is 0 Å². The van der Waals surface area contributed by atoms with Crippen LogP contribution in [0, 0.1) is 0 Å². The van der Waals surface area contributed by atoms with Gasteiger partial charge in [0.05, 0.1) is 11.2 Å². The first-order valence-corrected chi connectivity index (χ1v) is 4.03. The molecule has 0 radical (unpaired) electrons. The Morgan fingerprint density at radius 2 is 1.70 bits per heavy atom. The van der Waals surface area contributed by atoms with Crippen LogP contribution in [0.15, 0.2) is 0 Å². The average molecular weight is 141 g/mol. The summed E-state index contributed by atoms with van der Waals surface area (Å²) < 4.78 is 5.91. The molecule has 0 aromatic carbocycles. The molecule has 1 saturated heterocycles. The molecule has 1 N–H and O–H groups in total. The minimum Gasteiger partial charge on any atom is -0.366 e. The lowest BCUT2D eigenvalue weighted by Gasteiger charge is -2.41. The zero-order chi connectivity index (χ0) is 7.24. The molecule has 1 aliphatic heterocycles. The summed E-state index contributed by atoms with van der Waals surface area (Å²) in [5.74, 6) is 0. The lowest BCUT2D eigenvalue weighted by molar-refractivity contribution is -0.117. The molecule has 2 rings (SSSR count). The third kappa shape index (κ3) is 1.06. The van der Waals surface area contributed by atoms with E-state index < -0.39 is 0 Å². The maximum absolute atomic E-state index is 5.91. The molecule has 0 spiro atoms. The summed E-state index contributed by atoms with van der Waals surface area (Å²) >= 11 is 0. The highest BCUT2D eigenvalue weighted by molar-refractivity contribution is 4.99. The van der Waals surface area contributed by atoms with Crippen molar-refractivity contribution in [1.82, 2.24) is 5.32 Å². The average Bonchev–Trinajstić information content (AvgIpc) is 2.44. The van der Waals surface area contributed by atoms with Crippen molar-refractivity contribution < 1.29 is 4.74 Å². The van der Waals surface area contributed by atoms with Gasteiger partial charge in [0, 0.05) is 13.1 Å². The molecule has 0 atom stereocenters. The molecular weight excluding hydrogens is 126 g/mol. The first-order valence-electron chi connectivity index (χ1n) is 4.03. The Kier molecular flexibility index (Phi) is 1.15. The van der Waals surface area contributed by atoms with Gasteiger partial charge in [-0.2, -0.15) is 0 Å². The van der Waals surface area contributed by atoms with E-state index in [1.807, 2.05) is 0 Å². The zero-order valence-electron chi connectivity index (χ0n) is 6.74. The summed E-state index contributed by atoms with van der Waals surface area (Å²) in [4.78, 5) is 0. The molecule has 1 saturated carbocycles. The molecule has 0 amide bonds. The van der Waals surface area contributed by atoms with Gasteiger partial charge in [-0.05, 0) is 26.7 Å². The molecule has 58 valence electrons. The van der Waals surface area contributed by atoms with Crippen LogP contribution in [0.3, 0.4) is 0 Å². The van der Waals surface area contributed by atoms with Crippen molar-refractivity contribution in [3.05, 3.63) is 0 Å². The van der Waals surface area contributed by atoms with Gasteiger partial charge in [-0.1, -0.05) is 0 Å². The van der Waals surface area contributed by atoms with E-state index in [2.05, 4.69) is 19.2 Å². The second kappa shape index (κ2) is 1.74. The van der Waals surface area contributed by atoms with E-state index in [1.165, 1.54) is 12.8 Å². The molecule has 2 aliphatic rings. The first kappa shape index (κ1) is 6.62. The number of hydrogen-bond donors (Lipinski definition) is 1. The van der Waals surface area contributed by atoms with Crippen molar-refractivity contribution in [2.24, 2.45) is 0 Å². The minimum absolute atomic E-state index is 0.158. The van der Waals surface area contributed by atoms with E-state index in [4.69, 9.17) is 4.74 Å². The van der Waals surface area contributed by atoms with Crippen molar-refractivity contribution in [2.45, 2.75) is 37.9 Å². The van der Waals surface area contributed by atoms with Gasteiger partial charge in [-0.25, -0.2) is 0 Å². The first-order chi connectivity index (χ1) is 4.62. The summed E-state index contributed by atoms with van der Waals surface area (Å²) in [5, 5.41) is 3.23. The van der Waals surface area contributed by atoms with Crippen LogP contribution in [0.4, 0.5) is 0 Å². The Morgan fingerprint density at radius 3 is 2.00 bits per heavy atom. The molecule has 2 fully saturated rings. The predicted octanol–water partition coefficient (Wildman–Crippen LogP) is 0.917. The monoisotopic (exact) mass is 141 g/mol. The van der Waals surface area contributed by atoms with Crippen LogP contribution in [0.25, 0.3) is 0 Å². The van der Waals surface area contributed by atoms with Gasteiger partial charge in [-0.3, -0.25) is 0 Å². The Labute approximate surface area is 61.9 Å². The summed E-state index contributed by atoms with van der Waals surface area (Å²) in [6.45, 7) is 6.45. The maximum Gasteiger partial charge on any atom is 0.0909 e. The van der Waals surface area contributed by atoms with Gasteiger partial charge in [0.1, 0.15) is 0 Å². The van der Waals surface area contributed by atoms with E-state index in [1.54, 1.807) is 0 Å². The predicted molar refractivity (Wildman–Crippen MR) is 40.0 cm³/mol. The van der Waals surface area contributed by atoms with Crippen LogP contribution < -0.4 is 5.32 Å². The largest absolute Gasteiger partial charge is 0.366 e. The van der Waals surface area contributed by atoms with Gasteiger partial charge in [-0.15, -0.1) is 0 Å². The fourth-order valence-electron chi connectivity index (χ4n) is 1.42. The standard InChI is InChI=1S/C8H15NO/c1-7(3-4-7)10-8(2)5-9-6-8/h9H,3-6H2,1-2H3. The van der Waals surface area contributed by atoms with E-state index in [9.17, 15) is 0 Å².